The van der Waals surface area contributed by atoms with Crippen LogP contribution in [0.25, 0.3) is 0 Å². The van der Waals surface area contributed by atoms with E-state index in [4.69, 9.17) is 26.8 Å². The van der Waals surface area contributed by atoms with E-state index < -0.39 is 0 Å². The summed E-state index contributed by atoms with van der Waals surface area (Å²) in [5.41, 5.74) is 8.15. The van der Waals surface area contributed by atoms with Crippen LogP contribution in [0.2, 0.25) is 5.02 Å². The van der Waals surface area contributed by atoms with Crippen molar-refractivity contribution in [1.82, 2.24) is 0 Å². The van der Waals surface area contributed by atoms with Crippen molar-refractivity contribution in [3.63, 3.8) is 0 Å². The summed E-state index contributed by atoms with van der Waals surface area (Å²) in [7, 11) is 1.63. The molecule has 2 N–H and O–H groups in total. The second-order valence-corrected chi connectivity index (χ2v) is 5.25. The van der Waals surface area contributed by atoms with Crippen molar-refractivity contribution in [3.05, 3.63) is 58.6 Å². The molecule has 2 atom stereocenters. The van der Waals surface area contributed by atoms with E-state index in [2.05, 4.69) is 0 Å². The first-order valence-electron chi connectivity index (χ1n) is 6.54. The largest absolute Gasteiger partial charge is 0.496 e. The fraction of sp³-hybridized carbons (Fsp3) is 0.250. The van der Waals surface area contributed by atoms with Crippen molar-refractivity contribution >= 4 is 11.6 Å². The van der Waals surface area contributed by atoms with E-state index in [1.54, 1.807) is 7.11 Å². The van der Waals surface area contributed by atoms with Crippen LogP contribution in [0, 0.1) is 0 Å². The zero-order chi connectivity index (χ0) is 14.1. The number of ether oxygens (including phenoxy) is 2. The van der Waals surface area contributed by atoms with Crippen LogP contribution in [-0.2, 0) is 0 Å². The molecule has 0 saturated heterocycles. The predicted molar refractivity (Wildman–Crippen MR) is 79.4 cm³/mol. The molecule has 0 saturated carbocycles. The van der Waals surface area contributed by atoms with Crippen LogP contribution in [0.1, 0.15) is 29.7 Å². The highest BCUT2D eigenvalue weighted by Gasteiger charge is 2.30. The van der Waals surface area contributed by atoms with Gasteiger partial charge in [0.05, 0.1) is 17.7 Å². The van der Waals surface area contributed by atoms with Gasteiger partial charge < -0.3 is 15.2 Å². The second kappa shape index (κ2) is 5.35. The standard InChI is InChI=1S/C16H16ClNO2/c1-19-14-8-4-6-11(17)16(14)15-9-12(18)10-5-2-3-7-13(10)20-15/h2-8,12,15H,9,18H2,1H3/t12-,15?/m1/s1. The van der Waals surface area contributed by atoms with E-state index in [1.165, 1.54) is 0 Å². The third-order valence-electron chi connectivity index (χ3n) is 3.61. The number of methoxy groups -OCH3 is 1. The molecule has 2 aromatic carbocycles. The second-order valence-electron chi connectivity index (χ2n) is 4.84. The SMILES string of the molecule is COc1cccc(Cl)c1C1C[C@@H](N)c2ccccc2O1. The molecule has 1 aliphatic rings. The highest BCUT2D eigenvalue weighted by atomic mass is 35.5. The van der Waals surface area contributed by atoms with Crippen molar-refractivity contribution in [1.29, 1.82) is 0 Å². The average Bonchev–Trinajstić information content (AvgIpc) is 2.46. The number of hydrogen-bond donors (Lipinski definition) is 1. The molecule has 104 valence electrons. The predicted octanol–water partition coefficient (Wildman–Crippen LogP) is 3.87. The molecule has 3 rings (SSSR count). The monoisotopic (exact) mass is 289 g/mol. The Hall–Kier alpha value is -1.71. The van der Waals surface area contributed by atoms with E-state index in [0.29, 0.717) is 11.4 Å². The van der Waals surface area contributed by atoms with Gasteiger partial charge in [-0.25, -0.2) is 0 Å². The smallest absolute Gasteiger partial charge is 0.131 e. The third-order valence-corrected chi connectivity index (χ3v) is 3.94. The highest BCUT2D eigenvalue weighted by Crippen LogP contribution is 2.44. The highest BCUT2D eigenvalue weighted by molar-refractivity contribution is 6.31. The van der Waals surface area contributed by atoms with Gasteiger partial charge in [0.1, 0.15) is 17.6 Å². The van der Waals surface area contributed by atoms with Gasteiger partial charge in [-0.1, -0.05) is 35.9 Å². The first kappa shape index (κ1) is 13.3. The molecule has 0 radical (unpaired) electrons. The quantitative estimate of drug-likeness (QED) is 0.913. The minimum absolute atomic E-state index is 0.0640. The van der Waals surface area contributed by atoms with E-state index in [-0.39, 0.29) is 12.1 Å². The van der Waals surface area contributed by atoms with Crippen molar-refractivity contribution in [3.8, 4) is 11.5 Å². The Bertz CT molecular complexity index is 630. The maximum Gasteiger partial charge on any atom is 0.131 e. The van der Waals surface area contributed by atoms with Crippen LogP contribution in [-0.4, -0.2) is 7.11 Å². The molecule has 0 aromatic heterocycles. The number of nitrogens with two attached hydrogens (primary N) is 1. The maximum atomic E-state index is 6.32. The Labute approximate surface area is 123 Å². The molecule has 2 aromatic rings. The Morgan fingerprint density at radius 3 is 2.80 bits per heavy atom. The van der Waals surface area contributed by atoms with Crippen LogP contribution >= 0.6 is 11.6 Å². The normalized spacial score (nSPS) is 20.9. The zero-order valence-electron chi connectivity index (χ0n) is 11.2. The van der Waals surface area contributed by atoms with Crippen LogP contribution in [0.15, 0.2) is 42.5 Å². The molecule has 20 heavy (non-hydrogen) atoms. The summed E-state index contributed by atoms with van der Waals surface area (Å²) in [5.74, 6) is 1.55. The van der Waals surface area contributed by atoms with Crippen LogP contribution in [0.4, 0.5) is 0 Å². The molecule has 1 heterocycles. The number of fused-ring (bicyclic) bond motifs is 1. The van der Waals surface area contributed by atoms with E-state index >= 15 is 0 Å². The fourth-order valence-corrected chi connectivity index (χ4v) is 2.93. The molecule has 4 heteroatoms. The molecular formula is C16H16ClNO2. The molecule has 1 aliphatic heterocycles. The Balaban J connectivity index is 2.02. The molecule has 0 amide bonds. The minimum Gasteiger partial charge on any atom is -0.496 e. The fourth-order valence-electron chi connectivity index (χ4n) is 2.64. The third kappa shape index (κ3) is 2.23. The van der Waals surface area contributed by atoms with Gasteiger partial charge in [0.25, 0.3) is 0 Å². The van der Waals surface area contributed by atoms with Gasteiger partial charge in [0.2, 0.25) is 0 Å². The van der Waals surface area contributed by atoms with Crippen molar-refractivity contribution < 1.29 is 9.47 Å². The number of halogens is 1. The topological polar surface area (TPSA) is 44.5 Å². The summed E-state index contributed by atoms with van der Waals surface area (Å²) in [6.07, 6.45) is 0.487. The lowest BCUT2D eigenvalue weighted by atomic mass is 9.93. The maximum absolute atomic E-state index is 6.32. The lowest BCUT2D eigenvalue weighted by Crippen LogP contribution is -2.24. The van der Waals surface area contributed by atoms with Gasteiger partial charge in [-0.3, -0.25) is 0 Å². The molecule has 0 spiro atoms. The van der Waals surface area contributed by atoms with Gasteiger partial charge in [0.15, 0.2) is 0 Å². The van der Waals surface area contributed by atoms with Crippen LogP contribution < -0.4 is 15.2 Å². The Morgan fingerprint density at radius 2 is 2.00 bits per heavy atom. The molecule has 0 fully saturated rings. The molecule has 0 bridgehead atoms. The molecule has 1 unspecified atom stereocenters. The summed E-state index contributed by atoms with van der Waals surface area (Å²) in [5, 5.41) is 0.640. The lowest BCUT2D eigenvalue weighted by Gasteiger charge is -2.31. The van der Waals surface area contributed by atoms with Gasteiger partial charge in [-0.05, 0) is 18.2 Å². The van der Waals surface area contributed by atoms with Gasteiger partial charge in [-0.15, -0.1) is 0 Å². The Morgan fingerprint density at radius 1 is 1.20 bits per heavy atom. The molecule has 3 nitrogen and oxygen atoms in total. The molecule has 0 aliphatic carbocycles. The number of para-hydroxylation sites is 1. The van der Waals surface area contributed by atoms with Gasteiger partial charge in [-0.2, -0.15) is 0 Å². The average molecular weight is 290 g/mol. The number of benzene rings is 2. The van der Waals surface area contributed by atoms with E-state index in [1.807, 2.05) is 42.5 Å². The first-order chi connectivity index (χ1) is 9.70. The molecular weight excluding hydrogens is 274 g/mol. The number of hydrogen-bond acceptors (Lipinski definition) is 3. The Kier molecular flexibility index (Phi) is 3.55. The van der Waals surface area contributed by atoms with Crippen LogP contribution in [0.5, 0.6) is 11.5 Å². The van der Waals surface area contributed by atoms with E-state index in [9.17, 15) is 0 Å². The zero-order valence-corrected chi connectivity index (χ0v) is 11.9. The first-order valence-corrected chi connectivity index (χ1v) is 6.92. The van der Waals surface area contributed by atoms with E-state index in [0.717, 1.165) is 22.6 Å². The van der Waals surface area contributed by atoms with Crippen molar-refractivity contribution in [2.45, 2.75) is 18.6 Å². The van der Waals surface area contributed by atoms with Crippen molar-refractivity contribution in [2.24, 2.45) is 5.73 Å². The summed E-state index contributed by atoms with van der Waals surface area (Å²) >= 11 is 6.32. The van der Waals surface area contributed by atoms with Gasteiger partial charge in [0, 0.05) is 18.0 Å². The van der Waals surface area contributed by atoms with Gasteiger partial charge >= 0.3 is 0 Å². The summed E-state index contributed by atoms with van der Waals surface area (Å²) < 4.78 is 11.5. The summed E-state index contributed by atoms with van der Waals surface area (Å²) in [6, 6.07) is 13.4. The lowest BCUT2D eigenvalue weighted by molar-refractivity contribution is 0.158. The summed E-state index contributed by atoms with van der Waals surface area (Å²) in [6.45, 7) is 0. The van der Waals surface area contributed by atoms with Crippen LogP contribution in [0.3, 0.4) is 0 Å². The minimum atomic E-state index is -0.191. The summed E-state index contributed by atoms with van der Waals surface area (Å²) in [4.78, 5) is 0. The van der Waals surface area contributed by atoms with Crippen molar-refractivity contribution in [2.75, 3.05) is 7.11 Å². The number of rotatable bonds is 2.